The number of rotatable bonds is 5. The van der Waals surface area contributed by atoms with E-state index in [0.29, 0.717) is 31.4 Å². The summed E-state index contributed by atoms with van der Waals surface area (Å²) < 4.78 is 5.37. The van der Waals surface area contributed by atoms with Crippen LogP contribution in [0.5, 0.6) is 0 Å². The Bertz CT molecular complexity index is 821. The number of benzene rings is 1. The molecule has 0 radical (unpaired) electrons. The smallest absolute Gasteiger partial charge is 0.338 e. The van der Waals surface area contributed by atoms with Crippen molar-refractivity contribution in [1.82, 2.24) is 4.90 Å². The Labute approximate surface area is 171 Å². The second-order valence-corrected chi connectivity index (χ2v) is 7.84. The molecule has 154 valence electrons. The second kappa shape index (κ2) is 8.64. The molecule has 0 N–H and O–H groups in total. The van der Waals surface area contributed by atoms with Crippen LogP contribution in [0.15, 0.2) is 24.3 Å². The van der Waals surface area contributed by atoms with E-state index >= 15 is 0 Å². The van der Waals surface area contributed by atoms with E-state index in [4.69, 9.17) is 4.74 Å². The van der Waals surface area contributed by atoms with Gasteiger partial charge in [0, 0.05) is 25.7 Å². The van der Waals surface area contributed by atoms with Crippen LogP contribution in [-0.4, -0.2) is 47.9 Å². The van der Waals surface area contributed by atoms with Gasteiger partial charge in [0.05, 0.1) is 11.6 Å². The summed E-state index contributed by atoms with van der Waals surface area (Å²) in [5.74, 6) is -0.897. The lowest BCUT2D eigenvalue weighted by molar-refractivity contribution is -0.143. The summed E-state index contributed by atoms with van der Waals surface area (Å²) in [5, 5.41) is 9.66. The van der Waals surface area contributed by atoms with Crippen molar-refractivity contribution in [2.45, 2.75) is 63.5 Å². The van der Waals surface area contributed by atoms with Crippen molar-refractivity contribution in [2.24, 2.45) is 0 Å². The minimum atomic E-state index is -0.987. The van der Waals surface area contributed by atoms with E-state index < -0.39 is 17.6 Å². The van der Waals surface area contributed by atoms with Crippen LogP contribution in [0.3, 0.4) is 0 Å². The van der Waals surface area contributed by atoms with E-state index in [9.17, 15) is 19.6 Å². The van der Waals surface area contributed by atoms with Crippen molar-refractivity contribution < 1.29 is 19.1 Å². The molecular weight excluding hydrogens is 370 g/mol. The molecule has 1 aromatic rings. The molecule has 0 aromatic heterocycles. The highest BCUT2D eigenvalue weighted by Crippen LogP contribution is 2.33. The summed E-state index contributed by atoms with van der Waals surface area (Å²) >= 11 is 0. The van der Waals surface area contributed by atoms with Crippen molar-refractivity contribution in [3.8, 4) is 6.07 Å². The van der Waals surface area contributed by atoms with E-state index in [1.54, 1.807) is 36.2 Å². The fourth-order valence-electron chi connectivity index (χ4n) is 4.12. The van der Waals surface area contributed by atoms with Crippen LogP contribution < -0.4 is 4.90 Å². The van der Waals surface area contributed by atoms with E-state index in [2.05, 4.69) is 6.07 Å². The minimum Gasteiger partial charge on any atom is -0.449 e. The second-order valence-electron chi connectivity index (χ2n) is 7.84. The Kier molecular flexibility index (Phi) is 6.21. The van der Waals surface area contributed by atoms with Gasteiger partial charge in [-0.15, -0.1) is 0 Å². The summed E-state index contributed by atoms with van der Waals surface area (Å²) in [4.78, 5) is 40.2. The molecule has 7 heteroatoms. The molecule has 3 rings (SSSR count). The topological polar surface area (TPSA) is 90.7 Å². The van der Waals surface area contributed by atoms with Gasteiger partial charge in [-0.3, -0.25) is 9.59 Å². The first-order chi connectivity index (χ1) is 13.9. The number of likely N-dealkylation sites (N-methyl/N-ethyl adjacent to an activating group) is 1. The van der Waals surface area contributed by atoms with Crippen LogP contribution in [0.1, 0.15) is 62.2 Å². The third-order valence-corrected chi connectivity index (χ3v) is 5.98. The van der Waals surface area contributed by atoms with Gasteiger partial charge in [0.2, 0.25) is 5.91 Å². The molecule has 1 saturated heterocycles. The zero-order valence-corrected chi connectivity index (χ0v) is 17.0. The quantitative estimate of drug-likeness (QED) is 0.712. The maximum absolute atomic E-state index is 12.8. The number of hydrogen-bond donors (Lipinski definition) is 0. The minimum absolute atomic E-state index is 0.0803. The van der Waals surface area contributed by atoms with Crippen LogP contribution in [0, 0.1) is 11.3 Å². The predicted octanol–water partition coefficient (Wildman–Crippen LogP) is 3.04. The van der Waals surface area contributed by atoms with E-state index in [0.717, 1.165) is 31.4 Å². The van der Waals surface area contributed by atoms with E-state index in [1.165, 1.54) is 11.8 Å². The van der Waals surface area contributed by atoms with Crippen LogP contribution in [0.25, 0.3) is 0 Å². The van der Waals surface area contributed by atoms with Gasteiger partial charge in [-0.2, -0.15) is 5.26 Å². The Morgan fingerprint density at radius 2 is 1.83 bits per heavy atom. The van der Waals surface area contributed by atoms with E-state index in [-0.39, 0.29) is 11.8 Å². The van der Waals surface area contributed by atoms with Crippen molar-refractivity contribution in [3.05, 3.63) is 29.8 Å². The molecule has 1 saturated carbocycles. The number of hydrogen-bond acceptors (Lipinski definition) is 5. The van der Waals surface area contributed by atoms with Crippen molar-refractivity contribution in [3.63, 3.8) is 0 Å². The number of anilines is 1. The van der Waals surface area contributed by atoms with Crippen LogP contribution >= 0.6 is 0 Å². The van der Waals surface area contributed by atoms with Gasteiger partial charge in [-0.1, -0.05) is 19.3 Å². The Hall–Kier alpha value is -2.88. The van der Waals surface area contributed by atoms with Gasteiger partial charge in [-0.05, 0) is 50.5 Å². The SMILES string of the molecule is C[C@H](OC(=O)c1ccc(N2CCCC2=O)cc1)C(=O)N(C)C1(C#N)CCCCC1. The standard InChI is InChI=1S/C22H27N3O4/c1-16(20(27)24(2)22(15-23)12-4-3-5-13-22)29-21(28)17-8-10-18(11-9-17)25-14-6-7-19(25)26/h8-11,16H,3-7,12-14H2,1-2H3/t16-/m0/s1. The third kappa shape index (κ3) is 4.26. The molecule has 1 aliphatic carbocycles. The maximum Gasteiger partial charge on any atom is 0.338 e. The van der Waals surface area contributed by atoms with Crippen molar-refractivity contribution >= 4 is 23.5 Å². The molecule has 1 atom stereocenters. The van der Waals surface area contributed by atoms with E-state index in [1.807, 2.05) is 0 Å². The Balaban J connectivity index is 1.63. The molecular formula is C22H27N3O4. The summed E-state index contributed by atoms with van der Waals surface area (Å²) in [6.07, 6.45) is 4.55. The normalized spacial score (nSPS) is 19.3. The highest BCUT2D eigenvalue weighted by Gasteiger charge is 2.40. The summed E-state index contributed by atoms with van der Waals surface area (Å²) in [7, 11) is 1.61. The zero-order valence-electron chi connectivity index (χ0n) is 17.0. The zero-order chi connectivity index (χ0) is 21.0. The largest absolute Gasteiger partial charge is 0.449 e. The lowest BCUT2D eigenvalue weighted by Gasteiger charge is -2.39. The van der Waals surface area contributed by atoms with Gasteiger partial charge in [0.1, 0.15) is 5.54 Å². The number of carbonyl (C=O) groups excluding carboxylic acids is 3. The highest BCUT2D eigenvalue weighted by atomic mass is 16.5. The lowest BCUT2D eigenvalue weighted by Crippen LogP contribution is -2.53. The number of nitrogens with zero attached hydrogens (tertiary/aromatic N) is 3. The van der Waals surface area contributed by atoms with Gasteiger partial charge in [0.15, 0.2) is 6.10 Å². The molecule has 29 heavy (non-hydrogen) atoms. The first kappa shape index (κ1) is 20.8. The molecule has 0 bridgehead atoms. The lowest BCUT2D eigenvalue weighted by atomic mass is 9.81. The molecule has 1 heterocycles. The van der Waals surface area contributed by atoms with Crippen LogP contribution in [-0.2, 0) is 14.3 Å². The van der Waals surface area contributed by atoms with Gasteiger partial charge in [0.25, 0.3) is 5.91 Å². The molecule has 2 fully saturated rings. The number of nitriles is 1. The summed E-state index contributed by atoms with van der Waals surface area (Å²) in [6, 6.07) is 8.93. The predicted molar refractivity (Wildman–Crippen MR) is 107 cm³/mol. The number of esters is 1. The molecule has 1 aromatic carbocycles. The monoisotopic (exact) mass is 397 g/mol. The number of ether oxygens (including phenoxy) is 1. The Morgan fingerprint density at radius 1 is 1.17 bits per heavy atom. The molecule has 1 aliphatic heterocycles. The first-order valence-electron chi connectivity index (χ1n) is 10.2. The maximum atomic E-state index is 12.8. The fourth-order valence-corrected chi connectivity index (χ4v) is 4.12. The molecule has 0 spiro atoms. The fraction of sp³-hybridized carbons (Fsp3) is 0.545. The highest BCUT2D eigenvalue weighted by molar-refractivity contribution is 5.96. The van der Waals surface area contributed by atoms with Gasteiger partial charge < -0.3 is 14.5 Å². The molecule has 2 aliphatic rings. The summed E-state index contributed by atoms with van der Waals surface area (Å²) in [6.45, 7) is 2.21. The van der Waals surface area contributed by atoms with Gasteiger partial charge in [-0.25, -0.2) is 4.79 Å². The number of carbonyl (C=O) groups is 3. The average Bonchev–Trinajstić information content (AvgIpc) is 3.19. The van der Waals surface area contributed by atoms with Crippen molar-refractivity contribution in [1.29, 1.82) is 5.26 Å². The summed E-state index contributed by atoms with van der Waals surface area (Å²) in [5.41, 5.74) is 0.247. The third-order valence-electron chi connectivity index (χ3n) is 5.98. The van der Waals surface area contributed by atoms with Crippen LogP contribution in [0.2, 0.25) is 0 Å². The number of amides is 2. The van der Waals surface area contributed by atoms with Crippen molar-refractivity contribution in [2.75, 3.05) is 18.5 Å². The molecule has 0 unspecified atom stereocenters. The first-order valence-corrected chi connectivity index (χ1v) is 10.2. The van der Waals surface area contributed by atoms with Crippen LogP contribution in [0.4, 0.5) is 5.69 Å². The van der Waals surface area contributed by atoms with Gasteiger partial charge >= 0.3 is 5.97 Å². The average molecular weight is 397 g/mol. The Morgan fingerprint density at radius 3 is 2.38 bits per heavy atom. The molecule has 7 nitrogen and oxygen atoms in total. The molecule has 2 amide bonds.